The molecule has 11 nitrogen and oxygen atoms in total. The number of aromatic nitrogens is 1. The molecule has 3 aromatic rings. The van der Waals surface area contributed by atoms with E-state index in [4.69, 9.17) is 9.73 Å². The van der Waals surface area contributed by atoms with Crippen molar-refractivity contribution in [1.82, 2.24) is 0 Å². The van der Waals surface area contributed by atoms with Gasteiger partial charge in [-0.15, -0.1) is 0 Å². The minimum absolute atomic E-state index is 0.114. The molecule has 0 unspecified atom stereocenters. The molecule has 13 heteroatoms. The number of aliphatic hydroxyl groups is 1. The van der Waals surface area contributed by atoms with Crippen LogP contribution in [0.1, 0.15) is 103 Å². The highest BCUT2D eigenvalue weighted by atomic mass is 32.2. The number of nitrogens with zero attached hydrogens (tertiary/aromatic N) is 3. The molecule has 0 saturated heterocycles. The molecule has 2 aromatic carbocycles. The second-order valence-electron chi connectivity index (χ2n) is 16.6. The Morgan fingerprint density at radius 2 is 1.68 bits per heavy atom. The Balaban J connectivity index is 1.43. The smallest absolute Gasteiger partial charge is 0.327 e. The van der Waals surface area contributed by atoms with Gasteiger partial charge in [-0.05, 0) is 140 Å². The van der Waals surface area contributed by atoms with E-state index in [1.165, 1.54) is 6.07 Å². The summed E-state index contributed by atoms with van der Waals surface area (Å²) in [5.74, 6) is 1.21. The number of anilines is 1. The van der Waals surface area contributed by atoms with Crippen LogP contribution in [0.5, 0.6) is 5.75 Å². The van der Waals surface area contributed by atoms with Crippen LogP contribution in [0.3, 0.4) is 0 Å². The van der Waals surface area contributed by atoms with Crippen LogP contribution in [0, 0.1) is 0 Å². The quantitative estimate of drug-likeness (QED) is 0.0688. The summed E-state index contributed by atoms with van der Waals surface area (Å²) in [5, 5.41) is 9.28. The molecular weight excluding hydrogens is 787 g/mol. The molecule has 59 heavy (non-hydrogen) atoms. The highest BCUT2D eigenvalue weighted by Crippen LogP contribution is 2.49. The standard InChI is InChI=1S/C46H57N3O8S2/c1-6-7-27-49-40-22-21-37(59(54,55)56)32-39(40)46(4,5)42(49)24-20-34-15-10-14-33(43(34)35-16-11-17-36(31-35)57-29-9-8-28-50)19-23-41-45(2,3)38-18-12-25-48(44(38)47-41)26-13-30-58(51,52)53/h11-12,16-25,31-32,50H,6-10,13-15,26-30H2,1-5H3,(H-,51,52,53,54,55,56)/p+1. The Morgan fingerprint density at radius 3 is 2.41 bits per heavy atom. The lowest BCUT2D eigenvalue weighted by Gasteiger charge is -2.27. The molecule has 0 fully saturated rings. The number of hydrogen-bond donors (Lipinski definition) is 3. The number of ether oxygens (including phenoxy) is 1. The van der Waals surface area contributed by atoms with E-state index in [9.17, 15) is 31.0 Å². The first kappa shape index (κ1) is 44.2. The van der Waals surface area contributed by atoms with Crippen LogP contribution < -0.4 is 14.2 Å². The van der Waals surface area contributed by atoms with Crippen LogP contribution in [-0.4, -0.2) is 62.3 Å². The maximum Gasteiger partial charge on any atom is 0.327 e. The number of rotatable bonds is 17. The van der Waals surface area contributed by atoms with Crippen molar-refractivity contribution < 1.29 is 40.4 Å². The lowest BCUT2D eigenvalue weighted by molar-refractivity contribution is -0.684. The summed E-state index contributed by atoms with van der Waals surface area (Å²) in [5.41, 5.74) is 8.25. The monoisotopic (exact) mass is 844 g/mol. The van der Waals surface area contributed by atoms with Crippen molar-refractivity contribution in [3.8, 4) is 5.75 Å². The van der Waals surface area contributed by atoms with E-state index in [0.29, 0.717) is 19.6 Å². The van der Waals surface area contributed by atoms with Crippen LogP contribution in [0.25, 0.3) is 5.57 Å². The van der Waals surface area contributed by atoms with Gasteiger partial charge in [-0.2, -0.15) is 16.8 Å². The highest BCUT2D eigenvalue weighted by molar-refractivity contribution is 7.86. The molecule has 0 radical (unpaired) electrons. The molecule has 1 aromatic heterocycles. The third-order valence-corrected chi connectivity index (χ3v) is 13.3. The summed E-state index contributed by atoms with van der Waals surface area (Å²) in [6.45, 7) is 12.4. The Hall–Kier alpha value is -4.40. The zero-order chi connectivity index (χ0) is 42.6. The molecule has 0 spiro atoms. The topological polar surface area (TPSA) is 158 Å². The van der Waals surface area contributed by atoms with Crippen molar-refractivity contribution in [2.45, 2.75) is 108 Å². The van der Waals surface area contributed by atoms with Gasteiger partial charge < -0.3 is 14.7 Å². The minimum atomic E-state index is -4.38. The largest absolute Gasteiger partial charge is 0.494 e. The van der Waals surface area contributed by atoms with Gasteiger partial charge in [-0.25, -0.2) is 4.57 Å². The van der Waals surface area contributed by atoms with E-state index in [1.807, 2.05) is 29.0 Å². The number of fused-ring (bicyclic) bond motifs is 2. The fourth-order valence-corrected chi connectivity index (χ4v) is 9.40. The average Bonchev–Trinajstić information content (AvgIpc) is 3.57. The van der Waals surface area contributed by atoms with Crippen molar-refractivity contribution in [2.24, 2.45) is 4.99 Å². The van der Waals surface area contributed by atoms with E-state index >= 15 is 0 Å². The molecule has 0 bridgehead atoms. The van der Waals surface area contributed by atoms with Crippen LogP contribution in [0.4, 0.5) is 11.5 Å². The number of hydrogen-bond acceptors (Lipinski definition) is 8. The Labute approximate surface area is 350 Å². The van der Waals surface area contributed by atoms with Crippen LogP contribution in [0.2, 0.25) is 0 Å². The first-order chi connectivity index (χ1) is 28.0. The lowest BCUT2D eigenvalue weighted by atomic mass is 9.80. The molecule has 0 saturated carbocycles. The molecular formula is C46H58N3O8S2+. The molecule has 316 valence electrons. The summed E-state index contributed by atoms with van der Waals surface area (Å²) in [6.07, 6.45) is 16.8. The van der Waals surface area contributed by atoms with E-state index in [2.05, 4.69) is 82.0 Å². The van der Waals surface area contributed by atoms with Crippen molar-refractivity contribution in [3.05, 3.63) is 119 Å². The van der Waals surface area contributed by atoms with Gasteiger partial charge in [-0.3, -0.25) is 9.11 Å². The normalized spacial score (nSPS) is 18.8. The summed E-state index contributed by atoms with van der Waals surface area (Å²) in [6, 6.07) is 17.0. The molecule has 6 rings (SSSR count). The Kier molecular flexibility index (Phi) is 13.5. The molecule has 0 atom stereocenters. The summed E-state index contributed by atoms with van der Waals surface area (Å²) >= 11 is 0. The third-order valence-electron chi connectivity index (χ3n) is 11.6. The number of unbranched alkanes of at least 4 members (excludes halogenated alkanes) is 2. The Bertz CT molecular complexity index is 2440. The van der Waals surface area contributed by atoms with Gasteiger partial charge in [0, 0.05) is 36.4 Å². The molecule has 0 amide bonds. The zero-order valence-corrected chi connectivity index (χ0v) is 36.4. The summed E-state index contributed by atoms with van der Waals surface area (Å²) in [4.78, 5) is 7.27. The first-order valence-corrected chi connectivity index (χ1v) is 23.6. The van der Waals surface area contributed by atoms with Crippen LogP contribution >= 0.6 is 0 Å². The molecule has 3 N–H and O–H groups in total. The fourth-order valence-electron chi connectivity index (χ4n) is 8.40. The maximum atomic E-state index is 12.2. The Morgan fingerprint density at radius 1 is 0.881 bits per heavy atom. The number of pyridine rings is 1. The van der Waals surface area contributed by atoms with Gasteiger partial charge >= 0.3 is 5.82 Å². The van der Waals surface area contributed by atoms with Gasteiger partial charge in [0.15, 0.2) is 5.71 Å². The van der Waals surface area contributed by atoms with Crippen molar-refractivity contribution in [3.63, 3.8) is 0 Å². The molecule has 3 aliphatic rings. The fraction of sp³-hybridized carbons (Fsp3) is 0.435. The van der Waals surface area contributed by atoms with Crippen LogP contribution in [0.15, 0.2) is 112 Å². The van der Waals surface area contributed by atoms with Crippen LogP contribution in [-0.2, 0) is 37.6 Å². The number of aliphatic hydroxyl groups excluding tert-OH is 1. The predicted octanol–water partition coefficient (Wildman–Crippen LogP) is 8.62. The van der Waals surface area contributed by atoms with Gasteiger partial charge in [0.2, 0.25) is 0 Å². The van der Waals surface area contributed by atoms with E-state index in [-0.39, 0.29) is 23.7 Å². The van der Waals surface area contributed by atoms with E-state index in [0.717, 1.165) is 107 Å². The summed E-state index contributed by atoms with van der Waals surface area (Å²) < 4.78 is 74.5. The molecule has 1 aliphatic carbocycles. The van der Waals surface area contributed by atoms with Crippen molar-refractivity contribution in [1.29, 1.82) is 0 Å². The second kappa shape index (κ2) is 18.1. The third kappa shape index (κ3) is 9.98. The van der Waals surface area contributed by atoms with E-state index in [1.54, 1.807) is 12.1 Å². The number of benzene rings is 2. The highest BCUT2D eigenvalue weighted by Gasteiger charge is 2.43. The number of aliphatic imine (C=N–C) groups is 1. The van der Waals surface area contributed by atoms with Gasteiger partial charge in [0.1, 0.15) is 5.75 Å². The lowest BCUT2D eigenvalue weighted by Crippen LogP contribution is -2.35. The maximum absolute atomic E-state index is 12.2. The summed E-state index contributed by atoms with van der Waals surface area (Å²) in [7, 11) is -8.45. The van der Waals surface area contributed by atoms with E-state index < -0.39 is 31.1 Å². The van der Waals surface area contributed by atoms with Gasteiger partial charge in [-0.1, -0.05) is 51.5 Å². The molecule has 3 heterocycles. The van der Waals surface area contributed by atoms with Crippen molar-refractivity contribution in [2.75, 3.05) is 30.4 Å². The second-order valence-corrected chi connectivity index (χ2v) is 19.6. The first-order valence-electron chi connectivity index (χ1n) is 20.6. The minimum Gasteiger partial charge on any atom is -0.494 e. The molecule has 2 aliphatic heterocycles. The predicted molar refractivity (Wildman–Crippen MR) is 234 cm³/mol. The SMILES string of the molecule is CCCCN1/C(=C/C=C2\CCCC(/C=C/C3=Nc4c(ccc[n+]4CCCS(=O)(=O)O)C3(C)C)=C2c2cccc(OCCCCO)c2)C(C)(C)c2cc(S(=O)(=O)O)ccc21. The zero-order valence-electron chi connectivity index (χ0n) is 34.8. The van der Waals surface area contributed by atoms with Crippen molar-refractivity contribution >= 4 is 43.0 Å². The number of allylic oxidation sites excluding steroid dienone is 8. The van der Waals surface area contributed by atoms with Gasteiger partial charge in [0.05, 0.1) is 41.0 Å². The average molecular weight is 845 g/mol. The van der Waals surface area contributed by atoms with Gasteiger partial charge in [0.25, 0.3) is 20.2 Å². The number of aryl methyl sites for hydroxylation is 1.